The molecule has 4 rings (SSSR count). The van der Waals surface area contributed by atoms with Gasteiger partial charge in [-0.2, -0.15) is 4.98 Å². The molecule has 0 spiro atoms. The van der Waals surface area contributed by atoms with Gasteiger partial charge in [0.15, 0.2) is 5.82 Å². The molecule has 1 atom stereocenters. The van der Waals surface area contributed by atoms with E-state index in [1.54, 1.807) is 0 Å². The van der Waals surface area contributed by atoms with Gasteiger partial charge in [-0.1, -0.05) is 5.16 Å². The van der Waals surface area contributed by atoms with Crippen LogP contribution in [0.25, 0.3) is 0 Å². The molecule has 1 aromatic heterocycles. The predicted molar refractivity (Wildman–Crippen MR) is 93.0 cm³/mol. The zero-order chi connectivity index (χ0) is 17.2. The summed E-state index contributed by atoms with van der Waals surface area (Å²) in [7, 11) is 2.09. The minimum absolute atomic E-state index is 0.282. The minimum atomic E-state index is 0.282. The van der Waals surface area contributed by atoms with E-state index in [0.29, 0.717) is 18.5 Å². The van der Waals surface area contributed by atoms with Crippen LogP contribution in [-0.4, -0.2) is 76.6 Å². The van der Waals surface area contributed by atoms with Gasteiger partial charge in [-0.25, -0.2) is 0 Å². The fourth-order valence-electron chi connectivity index (χ4n) is 3.97. The summed E-state index contributed by atoms with van der Waals surface area (Å²) in [5, 5.41) is 4.14. The molecule has 1 aliphatic carbocycles. The van der Waals surface area contributed by atoms with Crippen molar-refractivity contribution >= 4 is 5.91 Å². The molecule has 7 heteroatoms. The van der Waals surface area contributed by atoms with E-state index in [9.17, 15) is 4.79 Å². The van der Waals surface area contributed by atoms with E-state index in [0.717, 1.165) is 70.1 Å². The van der Waals surface area contributed by atoms with Gasteiger partial charge in [0.25, 0.3) is 0 Å². The second kappa shape index (κ2) is 7.41. The summed E-state index contributed by atoms with van der Waals surface area (Å²) in [6.45, 7) is 5.19. The van der Waals surface area contributed by atoms with Gasteiger partial charge in [-0.3, -0.25) is 14.6 Å². The van der Waals surface area contributed by atoms with E-state index >= 15 is 0 Å². The quantitative estimate of drug-likeness (QED) is 0.776. The van der Waals surface area contributed by atoms with E-state index in [4.69, 9.17) is 4.52 Å². The standard InChI is InChI=1S/C18H29N5O2/c1-21(13-17(24)23-9-2-3-10-23)15-5-4-8-22(11-15)12-16-19-18(25-20-16)14-6-7-14/h14-15H,2-13H2,1H3/t15-/m1/s1. The molecule has 1 aromatic rings. The summed E-state index contributed by atoms with van der Waals surface area (Å²) < 4.78 is 5.37. The van der Waals surface area contributed by atoms with Crippen LogP contribution < -0.4 is 0 Å². The van der Waals surface area contributed by atoms with Crippen LogP contribution in [0.4, 0.5) is 0 Å². The third-order valence-corrected chi connectivity index (χ3v) is 5.72. The van der Waals surface area contributed by atoms with Gasteiger partial charge in [0.2, 0.25) is 11.8 Å². The Morgan fingerprint density at radius 3 is 2.76 bits per heavy atom. The normalized spacial score (nSPS) is 25.0. The molecule has 7 nitrogen and oxygen atoms in total. The van der Waals surface area contributed by atoms with Gasteiger partial charge in [0.05, 0.1) is 13.1 Å². The Labute approximate surface area is 149 Å². The molecule has 2 saturated heterocycles. The van der Waals surface area contributed by atoms with Crippen molar-refractivity contribution in [2.45, 2.75) is 57.0 Å². The van der Waals surface area contributed by atoms with Crippen LogP contribution in [-0.2, 0) is 11.3 Å². The first-order valence-electron chi connectivity index (χ1n) is 9.72. The topological polar surface area (TPSA) is 65.7 Å². The summed E-state index contributed by atoms with van der Waals surface area (Å²) in [4.78, 5) is 23.6. The summed E-state index contributed by atoms with van der Waals surface area (Å²) in [6, 6.07) is 0.426. The molecule has 3 aliphatic rings. The highest BCUT2D eigenvalue weighted by Gasteiger charge is 2.31. The van der Waals surface area contributed by atoms with Gasteiger partial charge in [-0.15, -0.1) is 0 Å². The average Bonchev–Trinajstić information content (AvgIpc) is 3.11. The number of amides is 1. The molecule has 3 heterocycles. The van der Waals surface area contributed by atoms with Gasteiger partial charge in [0.1, 0.15) is 0 Å². The molecule has 0 unspecified atom stereocenters. The molecule has 1 saturated carbocycles. The van der Waals surface area contributed by atoms with Gasteiger partial charge >= 0.3 is 0 Å². The minimum Gasteiger partial charge on any atom is -0.342 e. The SMILES string of the molecule is CN(CC(=O)N1CCCC1)[C@@H]1CCCN(Cc2noc(C3CC3)n2)C1. The molecule has 1 amide bonds. The number of piperidine rings is 1. The lowest BCUT2D eigenvalue weighted by Crippen LogP contribution is -2.49. The van der Waals surface area contributed by atoms with Crippen LogP contribution in [0.5, 0.6) is 0 Å². The van der Waals surface area contributed by atoms with E-state index in [-0.39, 0.29) is 5.91 Å². The Morgan fingerprint density at radius 2 is 2.00 bits per heavy atom. The molecular weight excluding hydrogens is 318 g/mol. The van der Waals surface area contributed by atoms with Crippen molar-refractivity contribution < 1.29 is 9.32 Å². The number of hydrogen-bond acceptors (Lipinski definition) is 6. The third kappa shape index (κ3) is 4.20. The lowest BCUT2D eigenvalue weighted by Gasteiger charge is -2.37. The van der Waals surface area contributed by atoms with Crippen molar-refractivity contribution in [3.63, 3.8) is 0 Å². The maximum Gasteiger partial charge on any atom is 0.236 e. The summed E-state index contributed by atoms with van der Waals surface area (Å²) >= 11 is 0. The number of carbonyl (C=O) groups excluding carboxylic acids is 1. The van der Waals surface area contributed by atoms with Crippen molar-refractivity contribution in [2.24, 2.45) is 0 Å². The highest BCUT2D eigenvalue weighted by atomic mass is 16.5. The second-order valence-corrected chi connectivity index (χ2v) is 7.86. The second-order valence-electron chi connectivity index (χ2n) is 7.86. The number of hydrogen-bond donors (Lipinski definition) is 0. The lowest BCUT2D eigenvalue weighted by atomic mass is 10.0. The van der Waals surface area contributed by atoms with Crippen molar-refractivity contribution in [1.82, 2.24) is 24.8 Å². The molecule has 3 fully saturated rings. The Kier molecular flexibility index (Phi) is 5.03. The third-order valence-electron chi connectivity index (χ3n) is 5.72. The molecule has 0 radical (unpaired) electrons. The van der Waals surface area contributed by atoms with E-state index in [2.05, 4.69) is 27.0 Å². The zero-order valence-electron chi connectivity index (χ0n) is 15.2. The first-order valence-corrected chi connectivity index (χ1v) is 9.72. The summed E-state index contributed by atoms with van der Waals surface area (Å²) in [6.07, 6.45) is 6.98. The van der Waals surface area contributed by atoms with Crippen molar-refractivity contribution in [2.75, 3.05) is 39.8 Å². The molecular formula is C18H29N5O2. The van der Waals surface area contributed by atoms with Crippen molar-refractivity contribution in [3.8, 4) is 0 Å². The van der Waals surface area contributed by atoms with Crippen LogP contribution >= 0.6 is 0 Å². The van der Waals surface area contributed by atoms with E-state index in [1.807, 2.05) is 4.90 Å². The molecule has 25 heavy (non-hydrogen) atoms. The fourth-order valence-corrected chi connectivity index (χ4v) is 3.97. The predicted octanol–water partition coefficient (Wildman–Crippen LogP) is 1.47. The molecule has 2 aliphatic heterocycles. The van der Waals surface area contributed by atoms with Crippen LogP contribution in [0.15, 0.2) is 4.52 Å². The van der Waals surface area contributed by atoms with Gasteiger partial charge in [-0.05, 0) is 52.1 Å². The van der Waals surface area contributed by atoms with Crippen LogP contribution in [0, 0.1) is 0 Å². The number of rotatable bonds is 6. The van der Waals surface area contributed by atoms with Crippen LogP contribution in [0.3, 0.4) is 0 Å². The number of nitrogens with zero attached hydrogens (tertiary/aromatic N) is 5. The maximum absolute atomic E-state index is 12.4. The molecule has 0 N–H and O–H groups in total. The smallest absolute Gasteiger partial charge is 0.236 e. The summed E-state index contributed by atoms with van der Waals surface area (Å²) in [5.74, 6) is 2.41. The lowest BCUT2D eigenvalue weighted by molar-refractivity contribution is -0.131. The Balaban J connectivity index is 1.28. The molecule has 0 bridgehead atoms. The first-order chi connectivity index (χ1) is 12.2. The van der Waals surface area contributed by atoms with Crippen molar-refractivity contribution in [1.29, 1.82) is 0 Å². The number of likely N-dealkylation sites (tertiary alicyclic amines) is 2. The highest BCUT2D eigenvalue weighted by molar-refractivity contribution is 5.78. The maximum atomic E-state index is 12.4. The number of likely N-dealkylation sites (N-methyl/N-ethyl adjacent to an activating group) is 1. The number of carbonyl (C=O) groups is 1. The van der Waals surface area contributed by atoms with Gasteiger partial charge < -0.3 is 9.42 Å². The van der Waals surface area contributed by atoms with Crippen LogP contribution in [0.2, 0.25) is 0 Å². The first kappa shape index (κ1) is 17.0. The largest absolute Gasteiger partial charge is 0.342 e. The Morgan fingerprint density at radius 1 is 1.20 bits per heavy atom. The van der Waals surface area contributed by atoms with E-state index in [1.165, 1.54) is 12.8 Å². The Bertz CT molecular complexity index is 594. The average molecular weight is 347 g/mol. The zero-order valence-corrected chi connectivity index (χ0v) is 15.2. The number of aromatic nitrogens is 2. The van der Waals surface area contributed by atoms with Gasteiger partial charge in [0, 0.05) is 31.6 Å². The van der Waals surface area contributed by atoms with Crippen molar-refractivity contribution in [3.05, 3.63) is 11.7 Å². The highest BCUT2D eigenvalue weighted by Crippen LogP contribution is 2.38. The molecule has 0 aromatic carbocycles. The Hall–Kier alpha value is -1.47. The summed E-state index contributed by atoms with van der Waals surface area (Å²) in [5.41, 5.74) is 0. The van der Waals surface area contributed by atoms with E-state index < -0.39 is 0 Å². The monoisotopic (exact) mass is 347 g/mol. The fraction of sp³-hybridized carbons (Fsp3) is 0.833. The van der Waals surface area contributed by atoms with Crippen LogP contribution in [0.1, 0.15) is 56.2 Å². The molecule has 138 valence electrons.